The SMILES string of the molecule is COc1ccc2nc(-c3cccc(O)c3O)sc2c1. The number of phenols is 2. The van der Waals surface area contributed by atoms with Crippen LogP contribution in [-0.2, 0) is 0 Å². The summed E-state index contributed by atoms with van der Waals surface area (Å²) in [5, 5.41) is 20.1. The lowest BCUT2D eigenvalue weighted by atomic mass is 10.2. The van der Waals surface area contributed by atoms with Crippen LogP contribution in [0.4, 0.5) is 0 Å². The summed E-state index contributed by atoms with van der Waals surface area (Å²) >= 11 is 1.44. The molecule has 3 aromatic rings. The van der Waals surface area contributed by atoms with Crippen LogP contribution in [0.1, 0.15) is 0 Å². The summed E-state index contributed by atoms with van der Waals surface area (Å²) in [6.07, 6.45) is 0. The molecule has 0 radical (unpaired) electrons. The van der Waals surface area contributed by atoms with E-state index in [4.69, 9.17) is 4.74 Å². The van der Waals surface area contributed by atoms with E-state index >= 15 is 0 Å². The Morgan fingerprint density at radius 1 is 1.16 bits per heavy atom. The Morgan fingerprint density at radius 3 is 2.79 bits per heavy atom. The van der Waals surface area contributed by atoms with Gasteiger partial charge in [-0.2, -0.15) is 0 Å². The van der Waals surface area contributed by atoms with Crippen LogP contribution in [0.5, 0.6) is 17.2 Å². The number of para-hydroxylation sites is 1. The summed E-state index contributed by atoms with van der Waals surface area (Å²) in [7, 11) is 1.62. The number of aromatic hydroxyl groups is 2. The Bertz CT molecular complexity index is 752. The third-order valence-corrected chi connectivity index (χ3v) is 3.89. The Hall–Kier alpha value is -2.27. The third kappa shape index (κ3) is 1.98. The lowest BCUT2D eigenvalue weighted by molar-refractivity contribution is 0.405. The van der Waals surface area contributed by atoms with E-state index in [9.17, 15) is 10.2 Å². The van der Waals surface area contributed by atoms with Crippen molar-refractivity contribution < 1.29 is 14.9 Å². The zero-order chi connectivity index (χ0) is 13.4. The molecule has 2 aromatic carbocycles. The minimum atomic E-state index is -0.145. The van der Waals surface area contributed by atoms with Gasteiger partial charge in [0, 0.05) is 0 Å². The van der Waals surface area contributed by atoms with Crippen LogP contribution >= 0.6 is 11.3 Å². The first kappa shape index (κ1) is 11.8. The van der Waals surface area contributed by atoms with Crippen molar-refractivity contribution in [2.75, 3.05) is 7.11 Å². The van der Waals surface area contributed by atoms with Gasteiger partial charge in [-0.1, -0.05) is 6.07 Å². The molecule has 1 aromatic heterocycles. The summed E-state index contributed by atoms with van der Waals surface area (Å²) in [6.45, 7) is 0. The van der Waals surface area contributed by atoms with Gasteiger partial charge in [-0.05, 0) is 30.3 Å². The second-order valence-electron chi connectivity index (χ2n) is 4.03. The number of hydrogen-bond acceptors (Lipinski definition) is 5. The molecule has 0 aliphatic rings. The molecule has 0 aliphatic carbocycles. The Labute approximate surface area is 113 Å². The summed E-state index contributed by atoms with van der Waals surface area (Å²) in [5.74, 6) is 0.477. The van der Waals surface area contributed by atoms with Gasteiger partial charge in [0.2, 0.25) is 0 Å². The summed E-state index contributed by atoms with van der Waals surface area (Å²) in [6, 6.07) is 10.5. The molecule has 0 spiro atoms. The fourth-order valence-corrected chi connectivity index (χ4v) is 2.87. The molecule has 0 fully saturated rings. The molecule has 0 saturated heterocycles. The van der Waals surface area contributed by atoms with Gasteiger partial charge in [-0.3, -0.25) is 0 Å². The topological polar surface area (TPSA) is 62.6 Å². The van der Waals surface area contributed by atoms with Gasteiger partial charge in [0.15, 0.2) is 11.5 Å². The van der Waals surface area contributed by atoms with Crippen molar-refractivity contribution in [2.45, 2.75) is 0 Å². The molecule has 5 heteroatoms. The number of aromatic nitrogens is 1. The maximum absolute atomic E-state index is 9.87. The third-order valence-electron chi connectivity index (χ3n) is 2.84. The van der Waals surface area contributed by atoms with Crippen molar-refractivity contribution >= 4 is 21.6 Å². The zero-order valence-electron chi connectivity index (χ0n) is 10.1. The van der Waals surface area contributed by atoms with E-state index in [1.165, 1.54) is 17.4 Å². The van der Waals surface area contributed by atoms with Crippen molar-refractivity contribution in [3.05, 3.63) is 36.4 Å². The highest BCUT2D eigenvalue weighted by molar-refractivity contribution is 7.21. The quantitative estimate of drug-likeness (QED) is 0.703. The predicted octanol–water partition coefficient (Wildman–Crippen LogP) is 3.38. The predicted molar refractivity (Wildman–Crippen MR) is 74.9 cm³/mol. The summed E-state index contributed by atoms with van der Waals surface area (Å²) in [4.78, 5) is 4.45. The van der Waals surface area contributed by atoms with Crippen LogP contribution < -0.4 is 4.74 Å². The van der Waals surface area contributed by atoms with E-state index in [1.807, 2.05) is 18.2 Å². The lowest BCUT2D eigenvalue weighted by Crippen LogP contribution is -1.80. The molecule has 0 bridgehead atoms. The van der Waals surface area contributed by atoms with E-state index in [0.29, 0.717) is 10.6 Å². The molecule has 4 nitrogen and oxygen atoms in total. The van der Waals surface area contributed by atoms with Crippen molar-refractivity contribution in [2.24, 2.45) is 0 Å². The van der Waals surface area contributed by atoms with Gasteiger partial charge in [0.1, 0.15) is 10.8 Å². The molecule has 0 atom stereocenters. The van der Waals surface area contributed by atoms with Crippen LogP contribution in [0.2, 0.25) is 0 Å². The number of nitrogens with zero attached hydrogens (tertiary/aromatic N) is 1. The van der Waals surface area contributed by atoms with Gasteiger partial charge in [0.25, 0.3) is 0 Å². The van der Waals surface area contributed by atoms with Crippen molar-refractivity contribution in [3.8, 4) is 27.8 Å². The maximum Gasteiger partial charge on any atom is 0.167 e. The van der Waals surface area contributed by atoms with Crippen molar-refractivity contribution in [3.63, 3.8) is 0 Å². The molecule has 2 N–H and O–H groups in total. The maximum atomic E-state index is 9.87. The number of fused-ring (bicyclic) bond motifs is 1. The highest BCUT2D eigenvalue weighted by atomic mass is 32.1. The molecule has 0 saturated carbocycles. The highest BCUT2D eigenvalue weighted by Gasteiger charge is 2.13. The van der Waals surface area contributed by atoms with Crippen LogP contribution in [0.15, 0.2) is 36.4 Å². The number of phenolic OH excluding ortho intramolecular Hbond substituents is 2. The fourth-order valence-electron chi connectivity index (χ4n) is 1.85. The van der Waals surface area contributed by atoms with Gasteiger partial charge in [-0.15, -0.1) is 11.3 Å². The average Bonchev–Trinajstić information content (AvgIpc) is 2.84. The Morgan fingerprint density at radius 2 is 2.00 bits per heavy atom. The Balaban J connectivity index is 2.18. The fraction of sp³-hybridized carbons (Fsp3) is 0.0714. The van der Waals surface area contributed by atoms with Gasteiger partial charge in [-0.25, -0.2) is 4.98 Å². The van der Waals surface area contributed by atoms with Gasteiger partial charge >= 0.3 is 0 Å². The number of benzene rings is 2. The van der Waals surface area contributed by atoms with Gasteiger partial charge < -0.3 is 14.9 Å². The normalized spacial score (nSPS) is 10.8. The minimum absolute atomic E-state index is 0.144. The number of thiazole rings is 1. The first-order valence-corrected chi connectivity index (χ1v) is 6.46. The first-order chi connectivity index (χ1) is 9.19. The lowest BCUT2D eigenvalue weighted by Gasteiger charge is -2.01. The van der Waals surface area contributed by atoms with Crippen LogP contribution in [0.25, 0.3) is 20.8 Å². The highest BCUT2D eigenvalue weighted by Crippen LogP contribution is 2.40. The van der Waals surface area contributed by atoms with E-state index in [0.717, 1.165) is 16.0 Å². The van der Waals surface area contributed by atoms with E-state index in [1.54, 1.807) is 19.2 Å². The standard InChI is InChI=1S/C14H11NO3S/c1-18-8-5-6-10-12(7-8)19-14(15-10)9-3-2-4-11(16)13(9)17/h2-7,16-17H,1H3. The van der Waals surface area contributed by atoms with E-state index in [2.05, 4.69) is 4.98 Å². The molecule has 0 unspecified atom stereocenters. The van der Waals surface area contributed by atoms with Gasteiger partial charge in [0.05, 0.1) is 22.9 Å². The number of rotatable bonds is 2. The second-order valence-corrected chi connectivity index (χ2v) is 5.06. The monoisotopic (exact) mass is 273 g/mol. The van der Waals surface area contributed by atoms with Crippen LogP contribution in [0.3, 0.4) is 0 Å². The molecular weight excluding hydrogens is 262 g/mol. The zero-order valence-corrected chi connectivity index (χ0v) is 10.9. The molecule has 0 aliphatic heterocycles. The van der Waals surface area contributed by atoms with Crippen molar-refractivity contribution in [1.82, 2.24) is 4.98 Å². The number of hydrogen-bond donors (Lipinski definition) is 2. The molecule has 19 heavy (non-hydrogen) atoms. The van der Waals surface area contributed by atoms with Crippen LogP contribution in [0, 0.1) is 0 Å². The molecule has 96 valence electrons. The molecular formula is C14H11NO3S. The smallest absolute Gasteiger partial charge is 0.167 e. The van der Waals surface area contributed by atoms with Crippen molar-refractivity contribution in [1.29, 1.82) is 0 Å². The average molecular weight is 273 g/mol. The van der Waals surface area contributed by atoms with Crippen LogP contribution in [-0.4, -0.2) is 22.3 Å². The van der Waals surface area contributed by atoms with E-state index in [-0.39, 0.29) is 11.5 Å². The minimum Gasteiger partial charge on any atom is -0.504 e. The summed E-state index contributed by atoms with van der Waals surface area (Å²) < 4.78 is 6.14. The van der Waals surface area contributed by atoms with E-state index < -0.39 is 0 Å². The number of ether oxygens (including phenoxy) is 1. The second kappa shape index (κ2) is 4.44. The Kier molecular flexibility index (Phi) is 2.76. The summed E-state index contributed by atoms with van der Waals surface area (Å²) in [5.41, 5.74) is 1.36. The molecule has 3 rings (SSSR count). The molecule has 1 heterocycles. The number of methoxy groups -OCH3 is 1. The largest absolute Gasteiger partial charge is 0.504 e. The molecule has 0 amide bonds. The first-order valence-electron chi connectivity index (χ1n) is 5.65.